The number of carbonyl (C=O) groups is 2. The number of para-hydroxylation sites is 1. The molecule has 0 atom stereocenters. The fourth-order valence-electron chi connectivity index (χ4n) is 1.52. The van der Waals surface area contributed by atoms with E-state index in [0.29, 0.717) is 5.69 Å². The SMILES string of the molecule is CC1(C)OC(=O)C(C=Nc2ccccc2)C(=O)O1. The first-order valence-electron chi connectivity index (χ1n) is 5.53. The van der Waals surface area contributed by atoms with E-state index in [9.17, 15) is 9.59 Å². The third-order valence-corrected chi connectivity index (χ3v) is 2.33. The van der Waals surface area contributed by atoms with Crippen LogP contribution in [0.4, 0.5) is 5.69 Å². The van der Waals surface area contributed by atoms with Gasteiger partial charge in [-0.25, -0.2) is 0 Å². The number of ether oxygens (including phenoxy) is 2. The number of aliphatic imine (C=N–C) groups is 1. The largest absolute Gasteiger partial charge is 0.422 e. The molecule has 0 N–H and O–H groups in total. The van der Waals surface area contributed by atoms with Gasteiger partial charge in [0.2, 0.25) is 0 Å². The maximum Gasteiger partial charge on any atom is 0.329 e. The molecule has 18 heavy (non-hydrogen) atoms. The van der Waals surface area contributed by atoms with Crippen molar-refractivity contribution in [2.45, 2.75) is 19.6 Å². The summed E-state index contributed by atoms with van der Waals surface area (Å²) in [6, 6.07) is 9.01. The van der Waals surface area contributed by atoms with Crippen LogP contribution in [0.25, 0.3) is 0 Å². The molecule has 1 aromatic rings. The first-order chi connectivity index (χ1) is 8.48. The van der Waals surface area contributed by atoms with Crippen molar-refractivity contribution < 1.29 is 19.1 Å². The van der Waals surface area contributed by atoms with Gasteiger partial charge in [0.15, 0.2) is 5.92 Å². The van der Waals surface area contributed by atoms with Crippen LogP contribution >= 0.6 is 0 Å². The molecule has 5 heteroatoms. The molecule has 0 amide bonds. The van der Waals surface area contributed by atoms with Gasteiger partial charge in [-0.15, -0.1) is 0 Å². The Bertz CT molecular complexity index is 473. The Morgan fingerprint density at radius 2 is 1.67 bits per heavy atom. The van der Waals surface area contributed by atoms with Crippen molar-refractivity contribution in [3.05, 3.63) is 30.3 Å². The van der Waals surface area contributed by atoms with Gasteiger partial charge in [-0.05, 0) is 12.1 Å². The lowest BCUT2D eigenvalue weighted by atomic mass is 10.1. The first-order valence-corrected chi connectivity index (χ1v) is 5.53. The summed E-state index contributed by atoms with van der Waals surface area (Å²) in [6.07, 6.45) is 1.25. The van der Waals surface area contributed by atoms with Gasteiger partial charge < -0.3 is 9.47 Å². The Hall–Kier alpha value is -2.17. The van der Waals surface area contributed by atoms with Crippen LogP contribution in [0.5, 0.6) is 0 Å². The van der Waals surface area contributed by atoms with Crippen molar-refractivity contribution in [1.82, 2.24) is 0 Å². The van der Waals surface area contributed by atoms with Crippen molar-refractivity contribution in [3.63, 3.8) is 0 Å². The van der Waals surface area contributed by atoms with E-state index in [4.69, 9.17) is 9.47 Å². The van der Waals surface area contributed by atoms with Crippen LogP contribution in [0.1, 0.15) is 13.8 Å². The quantitative estimate of drug-likeness (QED) is 0.454. The highest BCUT2D eigenvalue weighted by atomic mass is 16.7. The predicted octanol–water partition coefficient (Wildman–Crippen LogP) is 1.84. The highest BCUT2D eigenvalue weighted by Gasteiger charge is 2.42. The zero-order valence-corrected chi connectivity index (χ0v) is 10.1. The molecular formula is C13H13NO4. The molecule has 5 nitrogen and oxygen atoms in total. The van der Waals surface area contributed by atoms with Crippen LogP contribution in [0, 0.1) is 5.92 Å². The van der Waals surface area contributed by atoms with Gasteiger partial charge in [-0.1, -0.05) is 18.2 Å². The highest BCUT2D eigenvalue weighted by Crippen LogP contribution is 2.22. The first kappa shape index (κ1) is 12.3. The number of esters is 2. The van der Waals surface area contributed by atoms with Crippen molar-refractivity contribution >= 4 is 23.8 Å². The zero-order chi connectivity index (χ0) is 13.2. The molecule has 1 heterocycles. The number of rotatable bonds is 2. The number of carbonyl (C=O) groups excluding carboxylic acids is 2. The van der Waals surface area contributed by atoms with Gasteiger partial charge in [0.25, 0.3) is 5.79 Å². The Morgan fingerprint density at radius 3 is 2.22 bits per heavy atom. The molecule has 0 bridgehead atoms. The molecule has 1 aliphatic rings. The topological polar surface area (TPSA) is 65.0 Å². The molecule has 0 spiro atoms. The standard InChI is InChI=1S/C13H13NO4/c1-13(2)17-11(15)10(12(16)18-13)8-14-9-6-4-3-5-7-9/h3-8,10H,1-2H3. The van der Waals surface area contributed by atoms with Crippen molar-refractivity contribution in [1.29, 1.82) is 0 Å². The summed E-state index contributed by atoms with van der Waals surface area (Å²) in [6.45, 7) is 3.01. The van der Waals surface area contributed by atoms with E-state index in [2.05, 4.69) is 4.99 Å². The van der Waals surface area contributed by atoms with Crippen LogP contribution in [-0.2, 0) is 19.1 Å². The Morgan fingerprint density at radius 1 is 1.11 bits per heavy atom. The number of cyclic esters (lactones) is 2. The summed E-state index contributed by atoms with van der Waals surface area (Å²) in [7, 11) is 0. The van der Waals surface area contributed by atoms with Crippen molar-refractivity contribution in [2.75, 3.05) is 0 Å². The van der Waals surface area contributed by atoms with Crippen molar-refractivity contribution in [3.8, 4) is 0 Å². The van der Waals surface area contributed by atoms with E-state index in [0.717, 1.165) is 0 Å². The summed E-state index contributed by atoms with van der Waals surface area (Å²) in [5, 5.41) is 0. The van der Waals surface area contributed by atoms with Gasteiger partial charge in [0.1, 0.15) is 0 Å². The van der Waals surface area contributed by atoms with Gasteiger partial charge in [0.05, 0.1) is 5.69 Å². The van der Waals surface area contributed by atoms with E-state index in [1.54, 1.807) is 12.1 Å². The second kappa shape index (κ2) is 4.60. The molecule has 0 saturated carbocycles. The predicted molar refractivity (Wildman–Crippen MR) is 64.3 cm³/mol. The molecule has 0 aliphatic carbocycles. The van der Waals surface area contributed by atoms with Crippen LogP contribution in [0.2, 0.25) is 0 Å². The summed E-state index contributed by atoms with van der Waals surface area (Å²) >= 11 is 0. The van der Waals surface area contributed by atoms with Crippen LogP contribution < -0.4 is 0 Å². The van der Waals surface area contributed by atoms with Crippen molar-refractivity contribution in [2.24, 2.45) is 10.9 Å². The lowest BCUT2D eigenvalue weighted by Gasteiger charge is -2.31. The van der Waals surface area contributed by atoms with E-state index >= 15 is 0 Å². The second-order valence-electron chi connectivity index (χ2n) is 4.33. The minimum absolute atomic E-state index is 0.643. The molecule has 1 fully saturated rings. The van der Waals surface area contributed by atoms with E-state index in [1.165, 1.54) is 20.1 Å². The number of nitrogens with zero attached hydrogens (tertiary/aromatic N) is 1. The molecule has 1 saturated heterocycles. The Balaban J connectivity index is 2.13. The third-order valence-electron chi connectivity index (χ3n) is 2.33. The highest BCUT2D eigenvalue weighted by molar-refractivity contribution is 6.10. The molecule has 94 valence electrons. The van der Waals surface area contributed by atoms with E-state index < -0.39 is 23.6 Å². The van der Waals surface area contributed by atoms with Gasteiger partial charge in [-0.3, -0.25) is 14.6 Å². The summed E-state index contributed by atoms with van der Waals surface area (Å²) < 4.78 is 9.94. The van der Waals surface area contributed by atoms with E-state index in [1.807, 2.05) is 18.2 Å². The third kappa shape index (κ3) is 2.74. The van der Waals surface area contributed by atoms with Gasteiger partial charge in [-0.2, -0.15) is 0 Å². The van der Waals surface area contributed by atoms with Gasteiger partial charge >= 0.3 is 11.9 Å². The minimum Gasteiger partial charge on any atom is -0.422 e. The average Bonchev–Trinajstić information content (AvgIpc) is 2.27. The number of hydrogen-bond donors (Lipinski definition) is 0. The Kier molecular flexibility index (Phi) is 3.14. The molecule has 0 unspecified atom stereocenters. The maximum atomic E-state index is 11.6. The fourth-order valence-corrected chi connectivity index (χ4v) is 1.52. The second-order valence-corrected chi connectivity index (χ2v) is 4.33. The molecule has 0 radical (unpaired) electrons. The molecule has 1 aromatic carbocycles. The molecule has 0 aromatic heterocycles. The normalized spacial score (nSPS) is 19.7. The summed E-state index contributed by atoms with van der Waals surface area (Å²) in [5.74, 6) is -3.59. The number of hydrogen-bond acceptors (Lipinski definition) is 5. The molecule has 2 rings (SSSR count). The molecule has 1 aliphatic heterocycles. The summed E-state index contributed by atoms with van der Waals surface area (Å²) in [5.41, 5.74) is 0.655. The molecular weight excluding hydrogens is 234 g/mol. The average molecular weight is 247 g/mol. The summed E-state index contributed by atoms with van der Waals surface area (Å²) in [4.78, 5) is 27.3. The Labute approximate surface area is 104 Å². The smallest absolute Gasteiger partial charge is 0.329 e. The number of benzene rings is 1. The lowest BCUT2D eigenvalue weighted by Crippen LogP contribution is -2.46. The minimum atomic E-state index is -1.20. The zero-order valence-electron chi connectivity index (χ0n) is 10.1. The van der Waals surface area contributed by atoms with Crippen LogP contribution in [0.15, 0.2) is 35.3 Å². The monoisotopic (exact) mass is 247 g/mol. The van der Waals surface area contributed by atoms with Gasteiger partial charge in [0, 0.05) is 20.1 Å². The van der Waals surface area contributed by atoms with Crippen LogP contribution in [0.3, 0.4) is 0 Å². The lowest BCUT2D eigenvalue weighted by molar-refractivity contribution is -0.235. The fraction of sp³-hybridized carbons (Fsp3) is 0.308. The van der Waals surface area contributed by atoms with Crippen LogP contribution in [-0.4, -0.2) is 23.9 Å². The van der Waals surface area contributed by atoms with E-state index in [-0.39, 0.29) is 0 Å². The maximum absolute atomic E-state index is 11.6.